The third-order valence-electron chi connectivity index (χ3n) is 4.67. The molecule has 0 radical (unpaired) electrons. The highest BCUT2D eigenvalue weighted by atomic mass is 16.5. The number of benzene rings is 1. The average Bonchev–Trinajstić information content (AvgIpc) is 2.37. The minimum atomic E-state index is 0.226. The van der Waals surface area contributed by atoms with Gasteiger partial charge < -0.3 is 4.74 Å². The molecule has 2 heteroatoms. The van der Waals surface area contributed by atoms with Crippen LogP contribution in [-0.4, -0.2) is 37.2 Å². The molecule has 2 aliphatic heterocycles. The smallest absolute Gasteiger partial charge is 0.0658 e. The van der Waals surface area contributed by atoms with Crippen LogP contribution >= 0.6 is 0 Å². The standard InChI is InChI=1S/C18H25NO/c1-18(2,3)15-7-5-13(6-8-15)14-9-16-11-20-12-17(10-14)19(16)4/h5-9,16-17H,10-12H2,1-4H3. The predicted molar refractivity (Wildman–Crippen MR) is 83.9 cm³/mol. The first kappa shape index (κ1) is 13.8. The van der Waals surface area contributed by atoms with Crippen molar-refractivity contribution in [3.05, 3.63) is 41.5 Å². The van der Waals surface area contributed by atoms with Crippen molar-refractivity contribution in [1.82, 2.24) is 4.90 Å². The van der Waals surface area contributed by atoms with Gasteiger partial charge in [-0.2, -0.15) is 0 Å². The van der Waals surface area contributed by atoms with E-state index in [0.29, 0.717) is 12.1 Å². The van der Waals surface area contributed by atoms with Crippen LogP contribution in [0.15, 0.2) is 30.3 Å². The van der Waals surface area contributed by atoms with E-state index in [9.17, 15) is 0 Å². The molecule has 20 heavy (non-hydrogen) atoms. The summed E-state index contributed by atoms with van der Waals surface area (Å²) in [6.07, 6.45) is 3.49. The number of rotatable bonds is 1. The molecule has 2 bridgehead atoms. The first-order chi connectivity index (χ1) is 9.45. The van der Waals surface area contributed by atoms with Gasteiger partial charge in [-0.1, -0.05) is 51.1 Å². The molecule has 0 aromatic heterocycles. The fourth-order valence-electron chi connectivity index (χ4n) is 3.15. The van der Waals surface area contributed by atoms with Crippen LogP contribution in [0.25, 0.3) is 5.57 Å². The Kier molecular flexibility index (Phi) is 3.47. The molecule has 0 spiro atoms. The third-order valence-corrected chi connectivity index (χ3v) is 4.67. The van der Waals surface area contributed by atoms with Gasteiger partial charge in [-0.05, 0) is 35.6 Å². The van der Waals surface area contributed by atoms with E-state index in [2.05, 4.69) is 63.1 Å². The molecule has 0 saturated carbocycles. The normalized spacial score (nSPS) is 27.3. The van der Waals surface area contributed by atoms with Gasteiger partial charge in [0, 0.05) is 6.04 Å². The van der Waals surface area contributed by atoms with Crippen molar-refractivity contribution in [3.63, 3.8) is 0 Å². The van der Waals surface area contributed by atoms with Crippen molar-refractivity contribution < 1.29 is 4.74 Å². The number of ether oxygens (including phenoxy) is 1. The molecule has 2 nitrogen and oxygen atoms in total. The fraction of sp³-hybridized carbons (Fsp3) is 0.556. The lowest BCUT2D eigenvalue weighted by Crippen LogP contribution is -2.51. The highest BCUT2D eigenvalue weighted by Gasteiger charge is 2.32. The summed E-state index contributed by atoms with van der Waals surface area (Å²) in [5, 5.41) is 0. The lowest BCUT2D eigenvalue weighted by molar-refractivity contribution is -0.0221. The Hall–Kier alpha value is -1.12. The first-order valence-electron chi connectivity index (χ1n) is 7.56. The van der Waals surface area contributed by atoms with E-state index in [1.54, 1.807) is 0 Å². The molecule has 1 aromatic rings. The molecular formula is C18H25NO. The molecule has 1 aromatic carbocycles. The maximum absolute atomic E-state index is 5.67. The number of fused-ring (bicyclic) bond motifs is 2. The molecule has 1 saturated heterocycles. The Morgan fingerprint density at radius 2 is 1.80 bits per heavy atom. The summed E-state index contributed by atoms with van der Waals surface area (Å²) in [5.74, 6) is 0. The molecule has 3 rings (SSSR count). The SMILES string of the molecule is CN1C2C=C(c3ccc(C(C)(C)C)cc3)CC1COC2. The number of hydrogen-bond acceptors (Lipinski definition) is 2. The number of morpholine rings is 1. The number of likely N-dealkylation sites (N-methyl/N-ethyl adjacent to an activating group) is 1. The molecule has 1 fully saturated rings. The van der Waals surface area contributed by atoms with Crippen LogP contribution in [0, 0.1) is 0 Å². The Labute approximate surface area is 122 Å². The van der Waals surface area contributed by atoms with Crippen LogP contribution in [-0.2, 0) is 10.2 Å². The lowest BCUT2D eigenvalue weighted by atomic mass is 9.85. The Morgan fingerprint density at radius 3 is 2.40 bits per heavy atom. The molecule has 2 heterocycles. The van der Waals surface area contributed by atoms with E-state index in [4.69, 9.17) is 4.74 Å². The van der Waals surface area contributed by atoms with Gasteiger partial charge in [-0.15, -0.1) is 0 Å². The van der Waals surface area contributed by atoms with Crippen molar-refractivity contribution in [1.29, 1.82) is 0 Å². The van der Waals surface area contributed by atoms with E-state index in [1.807, 2.05) is 0 Å². The van der Waals surface area contributed by atoms with Crippen LogP contribution < -0.4 is 0 Å². The third kappa shape index (κ3) is 2.55. The fourth-order valence-corrected chi connectivity index (χ4v) is 3.15. The van der Waals surface area contributed by atoms with E-state index in [0.717, 1.165) is 19.6 Å². The van der Waals surface area contributed by atoms with Crippen molar-refractivity contribution in [3.8, 4) is 0 Å². The van der Waals surface area contributed by atoms with Crippen LogP contribution in [0.1, 0.15) is 38.3 Å². The van der Waals surface area contributed by atoms with Gasteiger partial charge in [0.15, 0.2) is 0 Å². The summed E-state index contributed by atoms with van der Waals surface area (Å²) in [4.78, 5) is 2.45. The van der Waals surface area contributed by atoms with Gasteiger partial charge in [0.2, 0.25) is 0 Å². The average molecular weight is 271 g/mol. The van der Waals surface area contributed by atoms with Gasteiger partial charge in [-0.3, -0.25) is 4.90 Å². The maximum atomic E-state index is 5.67. The predicted octanol–water partition coefficient (Wildman–Crippen LogP) is 3.47. The monoisotopic (exact) mass is 271 g/mol. The van der Waals surface area contributed by atoms with Gasteiger partial charge >= 0.3 is 0 Å². The highest BCUT2D eigenvalue weighted by molar-refractivity contribution is 5.68. The zero-order valence-electron chi connectivity index (χ0n) is 13.0. The summed E-state index contributed by atoms with van der Waals surface area (Å²) in [6, 6.07) is 10.1. The molecule has 2 aliphatic rings. The Balaban J connectivity index is 1.86. The van der Waals surface area contributed by atoms with E-state index < -0.39 is 0 Å². The van der Waals surface area contributed by atoms with Crippen LogP contribution in [0.2, 0.25) is 0 Å². The van der Waals surface area contributed by atoms with Gasteiger partial charge in [-0.25, -0.2) is 0 Å². The highest BCUT2D eigenvalue weighted by Crippen LogP contribution is 2.32. The lowest BCUT2D eigenvalue weighted by Gasteiger charge is -2.42. The number of hydrogen-bond donors (Lipinski definition) is 0. The zero-order chi connectivity index (χ0) is 14.3. The summed E-state index contributed by atoms with van der Waals surface area (Å²) in [7, 11) is 2.22. The van der Waals surface area contributed by atoms with E-state index >= 15 is 0 Å². The van der Waals surface area contributed by atoms with Gasteiger partial charge in [0.1, 0.15) is 0 Å². The summed E-state index contributed by atoms with van der Waals surface area (Å²) >= 11 is 0. The van der Waals surface area contributed by atoms with Crippen molar-refractivity contribution >= 4 is 5.57 Å². The van der Waals surface area contributed by atoms with E-state index in [1.165, 1.54) is 16.7 Å². The maximum Gasteiger partial charge on any atom is 0.0658 e. The van der Waals surface area contributed by atoms with Gasteiger partial charge in [0.05, 0.1) is 19.3 Å². The summed E-state index contributed by atoms with van der Waals surface area (Å²) in [5.41, 5.74) is 4.49. The van der Waals surface area contributed by atoms with Gasteiger partial charge in [0.25, 0.3) is 0 Å². The molecule has 0 amide bonds. The van der Waals surface area contributed by atoms with Crippen LogP contribution in [0.5, 0.6) is 0 Å². The van der Waals surface area contributed by atoms with Crippen LogP contribution in [0.4, 0.5) is 0 Å². The quantitative estimate of drug-likeness (QED) is 0.775. The zero-order valence-corrected chi connectivity index (χ0v) is 13.0. The van der Waals surface area contributed by atoms with Crippen molar-refractivity contribution in [2.24, 2.45) is 0 Å². The van der Waals surface area contributed by atoms with Crippen LogP contribution in [0.3, 0.4) is 0 Å². The van der Waals surface area contributed by atoms with E-state index in [-0.39, 0.29) is 5.41 Å². The molecule has 0 aliphatic carbocycles. The summed E-state index contributed by atoms with van der Waals surface area (Å²) < 4.78 is 5.67. The largest absolute Gasteiger partial charge is 0.378 e. The number of nitrogens with zero attached hydrogens (tertiary/aromatic N) is 1. The topological polar surface area (TPSA) is 12.5 Å². The minimum absolute atomic E-state index is 0.226. The second kappa shape index (κ2) is 5.01. The molecular weight excluding hydrogens is 246 g/mol. The minimum Gasteiger partial charge on any atom is -0.378 e. The molecule has 2 unspecified atom stereocenters. The molecule has 0 N–H and O–H groups in total. The second-order valence-corrected chi connectivity index (χ2v) is 7.15. The Morgan fingerprint density at radius 1 is 1.10 bits per heavy atom. The van der Waals surface area contributed by atoms with Crippen molar-refractivity contribution in [2.45, 2.75) is 44.7 Å². The second-order valence-electron chi connectivity index (χ2n) is 7.15. The molecule has 2 atom stereocenters. The molecule has 108 valence electrons. The van der Waals surface area contributed by atoms with Crippen molar-refractivity contribution in [2.75, 3.05) is 20.3 Å². The first-order valence-corrected chi connectivity index (χ1v) is 7.56. The summed E-state index contributed by atoms with van der Waals surface area (Å²) in [6.45, 7) is 8.48. The Bertz CT molecular complexity index is 509.